The highest BCUT2D eigenvalue weighted by molar-refractivity contribution is 5.78. The van der Waals surface area contributed by atoms with Gasteiger partial charge in [-0.05, 0) is 59.5 Å². The molecule has 0 saturated heterocycles. The largest absolute Gasteiger partial charge is 0.497 e. The van der Waals surface area contributed by atoms with Crippen molar-refractivity contribution >= 4 is 10.9 Å². The van der Waals surface area contributed by atoms with E-state index in [-0.39, 0.29) is 6.61 Å². The summed E-state index contributed by atoms with van der Waals surface area (Å²) in [6.07, 6.45) is 1.28. The van der Waals surface area contributed by atoms with Gasteiger partial charge in [0.25, 0.3) is 0 Å². The Bertz CT molecular complexity index is 1470. The molecule has 1 aromatic heterocycles. The Balaban J connectivity index is 1.54. The van der Waals surface area contributed by atoms with Gasteiger partial charge in [0.2, 0.25) is 5.52 Å². The Morgan fingerprint density at radius 1 is 0.692 bits per heavy atom. The van der Waals surface area contributed by atoms with E-state index in [4.69, 9.17) is 14.2 Å². The normalized spacial score (nSPS) is 12.3. The van der Waals surface area contributed by atoms with Crippen LogP contribution in [0.15, 0.2) is 115 Å². The van der Waals surface area contributed by atoms with Crippen molar-refractivity contribution in [1.82, 2.24) is 0 Å². The number of aryl methyl sites for hydroxylation is 1. The van der Waals surface area contributed by atoms with Crippen molar-refractivity contribution in [3.05, 3.63) is 138 Å². The molecule has 0 aliphatic heterocycles. The number of pyridine rings is 1. The monoisotopic (exact) mass is 520 g/mol. The van der Waals surface area contributed by atoms with Crippen molar-refractivity contribution in [2.75, 3.05) is 20.8 Å². The second-order valence-corrected chi connectivity index (χ2v) is 9.64. The first-order valence-corrected chi connectivity index (χ1v) is 13.1. The molecule has 5 rings (SSSR count). The molecule has 0 fully saturated rings. The Morgan fingerprint density at radius 3 is 1.82 bits per heavy atom. The predicted molar refractivity (Wildman–Crippen MR) is 153 cm³/mol. The Hall–Kier alpha value is -4.19. The molecule has 0 aliphatic carbocycles. The Kier molecular flexibility index (Phi) is 7.92. The topological polar surface area (TPSA) is 51.8 Å². The lowest BCUT2D eigenvalue weighted by Gasteiger charge is -2.36. The number of hydrogen-bond acceptors (Lipinski definition) is 4. The van der Waals surface area contributed by atoms with Crippen LogP contribution in [-0.4, -0.2) is 32.0 Å². The van der Waals surface area contributed by atoms with E-state index in [1.807, 2.05) is 85.1 Å². The van der Waals surface area contributed by atoms with Crippen molar-refractivity contribution in [1.29, 1.82) is 0 Å². The summed E-state index contributed by atoms with van der Waals surface area (Å²) in [5.41, 5.74) is 4.13. The van der Waals surface area contributed by atoms with E-state index in [9.17, 15) is 5.11 Å². The van der Waals surface area contributed by atoms with Crippen LogP contribution in [0.1, 0.15) is 22.3 Å². The maximum absolute atomic E-state index is 11.3. The van der Waals surface area contributed by atoms with Crippen molar-refractivity contribution in [3.63, 3.8) is 0 Å². The first-order chi connectivity index (χ1) is 19.0. The minimum Gasteiger partial charge on any atom is -0.497 e. The quantitative estimate of drug-likeness (QED) is 0.186. The fourth-order valence-electron chi connectivity index (χ4n) is 5.16. The first-order valence-electron chi connectivity index (χ1n) is 13.1. The summed E-state index contributed by atoms with van der Waals surface area (Å²) < 4.78 is 19.8. The molecule has 0 bridgehead atoms. The molecule has 39 heavy (non-hydrogen) atoms. The maximum Gasteiger partial charge on any atom is 0.212 e. The van der Waals surface area contributed by atoms with Gasteiger partial charge in [0.1, 0.15) is 23.2 Å². The van der Waals surface area contributed by atoms with Crippen LogP contribution in [0.5, 0.6) is 11.5 Å². The van der Waals surface area contributed by atoms with E-state index in [1.165, 1.54) is 10.9 Å². The van der Waals surface area contributed by atoms with E-state index in [2.05, 4.69) is 41.8 Å². The van der Waals surface area contributed by atoms with E-state index in [1.54, 1.807) is 14.2 Å². The molecular formula is C34H34NO4+. The summed E-state index contributed by atoms with van der Waals surface area (Å²) in [7, 11) is 3.31. The minimum atomic E-state index is -0.971. The zero-order valence-corrected chi connectivity index (χ0v) is 22.6. The molecule has 0 aliphatic rings. The van der Waals surface area contributed by atoms with E-state index in [0.717, 1.165) is 33.7 Å². The van der Waals surface area contributed by atoms with Gasteiger partial charge in [-0.2, -0.15) is 4.57 Å². The molecule has 4 aromatic carbocycles. The summed E-state index contributed by atoms with van der Waals surface area (Å²) in [6.45, 7) is 2.61. The lowest BCUT2D eigenvalue weighted by molar-refractivity contribution is -0.679. The number of fused-ring (bicyclic) bond motifs is 1. The van der Waals surface area contributed by atoms with Crippen LogP contribution in [0, 0.1) is 6.92 Å². The van der Waals surface area contributed by atoms with Crippen LogP contribution < -0.4 is 14.0 Å². The van der Waals surface area contributed by atoms with Crippen LogP contribution in [0.4, 0.5) is 0 Å². The summed E-state index contributed by atoms with van der Waals surface area (Å²) in [6, 6.07) is 36.3. The molecule has 0 saturated carbocycles. The number of hydrogen-bond donors (Lipinski definition) is 1. The highest BCUT2D eigenvalue weighted by Gasteiger charge is 2.38. The van der Waals surface area contributed by atoms with Crippen LogP contribution >= 0.6 is 0 Å². The maximum atomic E-state index is 11.3. The van der Waals surface area contributed by atoms with Gasteiger partial charge in [0.15, 0.2) is 12.7 Å². The third-order valence-electron chi connectivity index (χ3n) is 7.22. The molecule has 0 amide bonds. The minimum absolute atomic E-state index is 0.113. The van der Waals surface area contributed by atoms with Crippen molar-refractivity contribution in [2.45, 2.75) is 25.2 Å². The highest BCUT2D eigenvalue weighted by atomic mass is 16.5. The van der Waals surface area contributed by atoms with Crippen molar-refractivity contribution < 1.29 is 23.9 Å². The van der Waals surface area contributed by atoms with E-state index >= 15 is 0 Å². The molecule has 5 nitrogen and oxygen atoms in total. The van der Waals surface area contributed by atoms with E-state index in [0.29, 0.717) is 6.54 Å². The van der Waals surface area contributed by atoms with Gasteiger partial charge in [-0.25, -0.2) is 0 Å². The standard InChI is InChI=1S/C34H34NO4/c1-25-21-22-35(33-12-8-7-11-32(25)33)23-29(36)24-39-34(26-9-5-4-6-10-26,27-13-17-30(37-2)18-14-27)28-15-19-31(38-3)20-16-28/h4-22,29,36H,23-24H2,1-3H3/q+1/t29-/m1/s1. The van der Waals surface area contributed by atoms with Crippen LogP contribution in [0.2, 0.25) is 0 Å². The number of rotatable bonds is 10. The third kappa shape index (κ3) is 5.37. The molecule has 198 valence electrons. The van der Waals surface area contributed by atoms with Gasteiger partial charge in [-0.1, -0.05) is 66.7 Å². The van der Waals surface area contributed by atoms with Gasteiger partial charge >= 0.3 is 0 Å². The SMILES string of the molecule is COc1ccc(C(OC[C@H](O)C[n+]2ccc(C)c3ccccc32)(c2ccccc2)c2ccc(OC)cc2)cc1. The average Bonchev–Trinajstić information content (AvgIpc) is 3.00. The molecule has 0 unspecified atom stereocenters. The smallest absolute Gasteiger partial charge is 0.212 e. The van der Waals surface area contributed by atoms with Crippen LogP contribution in [0.3, 0.4) is 0 Å². The fraction of sp³-hybridized carbons (Fsp3) is 0.206. The fourth-order valence-corrected chi connectivity index (χ4v) is 5.16. The third-order valence-corrected chi connectivity index (χ3v) is 7.22. The lowest BCUT2D eigenvalue weighted by Crippen LogP contribution is -2.44. The molecule has 5 heteroatoms. The number of aliphatic hydroxyl groups excluding tert-OH is 1. The van der Waals surface area contributed by atoms with Crippen LogP contribution in [0.25, 0.3) is 10.9 Å². The Morgan fingerprint density at radius 2 is 1.23 bits per heavy atom. The summed E-state index contributed by atoms with van der Waals surface area (Å²) in [4.78, 5) is 0. The van der Waals surface area contributed by atoms with Crippen LogP contribution in [-0.2, 0) is 16.9 Å². The first kappa shape index (κ1) is 26.4. The molecule has 1 N–H and O–H groups in total. The number of methoxy groups -OCH3 is 2. The van der Waals surface area contributed by atoms with Crippen molar-refractivity contribution in [2.24, 2.45) is 0 Å². The zero-order valence-electron chi connectivity index (χ0n) is 22.6. The summed E-state index contributed by atoms with van der Waals surface area (Å²) >= 11 is 0. The molecule has 0 spiro atoms. The number of para-hydroxylation sites is 1. The van der Waals surface area contributed by atoms with Crippen molar-refractivity contribution in [3.8, 4) is 11.5 Å². The van der Waals surface area contributed by atoms with Gasteiger partial charge in [-0.15, -0.1) is 0 Å². The second kappa shape index (κ2) is 11.7. The van der Waals surface area contributed by atoms with E-state index < -0.39 is 11.7 Å². The molecule has 0 radical (unpaired) electrons. The van der Waals surface area contributed by atoms with Gasteiger partial charge in [0.05, 0.1) is 20.8 Å². The lowest BCUT2D eigenvalue weighted by atomic mass is 9.80. The number of ether oxygens (including phenoxy) is 3. The number of benzene rings is 4. The van der Waals surface area contributed by atoms with Gasteiger partial charge in [-0.3, -0.25) is 0 Å². The number of aromatic nitrogens is 1. The van der Waals surface area contributed by atoms with Gasteiger partial charge < -0.3 is 19.3 Å². The molecular weight excluding hydrogens is 486 g/mol. The number of aliphatic hydroxyl groups is 1. The highest BCUT2D eigenvalue weighted by Crippen LogP contribution is 2.41. The van der Waals surface area contributed by atoms with Gasteiger partial charge in [0, 0.05) is 17.5 Å². The zero-order chi connectivity index (χ0) is 27.2. The molecule has 1 atom stereocenters. The predicted octanol–water partition coefficient (Wildman–Crippen LogP) is 5.82. The average molecular weight is 521 g/mol. The number of nitrogens with zero attached hydrogens (tertiary/aromatic N) is 1. The second-order valence-electron chi connectivity index (χ2n) is 9.64. The molecule has 1 heterocycles. The molecule has 5 aromatic rings. The summed E-state index contributed by atoms with van der Waals surface area (Å²) in [5.74, 6) is 1.52. The Labute approximate surface area is 229 Å². The summed E-state index contributed by atoms with van der Waals surface area (Å²) in [5, 5.41) is 12.5.